The van der Waals surface area contributed by atoms with E-state index in [1.54, 1.807) is 0 Å². The van der Waals surface area contributed by atoms with Crippen molar-refractivity contribution in [1.82, 2.24) is 0 Å². The molecule has 0 spiro atoms. The number of nitrogens with zero attached hydrogens (tertiary/aromatic N) is 1. The van der Waals surface area contributed by atoms with Gasteiger partial charge >= 0.3 is 0 Å². The van der Waals surface area contributed by atoms with Gasteiger partial charge in [-0.25, -0.2) is 0 Å². The molecule has 1 unspecified atom stereocenters. The lowest BCUT2D eigenvalue weighted by molar-refractivity contribution is -0.862. The van der Waals surface area contributed by atoms with Crippen LogP contribution in [0.15, 0.2) is 24.4 Å². The van der Waals surface area contributed by atoms with Crippen LogP contribution in [0.4, 0.5) is 0 Å². The van der Waals surface area contributed by atoms with Crippen molar-refractivity contribution in [2.45, 2.75) is 19.4 Å². The third kappa shape index (κ3) is 1.48. The summed E-state index contributed by atoms with van der Waals surface area (Å²) in [7, 11) is 4.46. The minimum atomic E-state index is 0.704. The fraction of sp³-hybridized carbons (Fsp3) is 0.556. The van der Waals surface area contributed by atoms with Gasteiger partial charge in [0.05, 0.1) is 26.3 Å². The standard InChI is InChI=1S/C9H16N/c1-9-7-5-4-6-8-10(9,2)3/h4-6,8-9H,7H2,1-3H3/q+1. The zero-order chi connectivity index (χ0) is 7.61. The van der Waals surface area contributed by atoms with Gasteiger partial charge in [-0.1, -0.05) is 12.2 Å². The SMILES string of the molecule is CC1CC=CC=C[N+]1(C)C. The highest BCUT2D eigenvalue weighted by atomic mass is 15.3. The van der Waals surface area contributed by atoms with E-state index in [1.807, 2.05) is 0 Å². The van der Waals surface area contributed by atoms with Gasteiger partial charge in [0.15, 0.2) is 0 Å². The molecule has 1 aliphatic rings. The van der Waals surface area contributed by atoms with Crippen LogP contribution < -0.4 is 0 Å². The van der Waals surface area contributed by atoms with E-state index in [1.165, 1.54) is 6.42 Å². The van der Waals surface area contributed by atoms with E-state index in [-0.39, 0.29) is 0 Å². The van der Waals surface area contributed by atoms with E-state index in [9.17, 15) is 0 Å². The Balaban J connectivity index is 2.76. The molecule has 0 saturated heterocycles. The van der Waals surface area contributed by atoms with Gasteiger partial charge in [0, 0.05) is 6.42 Å². The van der Waals surface area contributed by atoms with Crippen molar-refractivity contribution in [1.29, 1.82) is 0 Å². The van der Waals surface area contributed by atoms with Gasteiger partial charge in [0.25, 0.3) is 0 Å². The van der Waals surface area contributed by atoms with Gasteiger partial charge in [-0.3, -0.25) is 4.48 Å². The lowest BCUT2D eigenvalue weighted by atomic mass is 10.2. The molecule has 0 bridgehead atoms. The first-order valence-electron chi connectivity index (χ1n) is 3.80. The highest BCUT2D eigenvalue weighted by Gasteiger charge is 2.20. The molecule has 0 N–H and O–H groups in total. The molecule has 0 fully saturated rings. The molecular weight excluding hydrogens is 122 g/mol. The van der Waals surface area contributed by atoms with Gasteiger partial charge < -0.3 is 0 Å². The maximum atomic E-state index is 2.28. The highest BCUT2D eigenvalue weighted by molar-refractivity contribution is 5.02. The molecule has 1 nitrogen and oxygen atoms in total. The normalized spacial score (nSPS) is 30.1. The van der Waals surface area contributed by atoms with E-state index in [2.05, 4.69) is 45.4 Å². The molecule has 56 valence electrons. The van der Waals surface area contributed by atoms with E-state index in [0.29, 0.717) is 6.04 Å². The van der Waals surface area contributed by atoms with Crippen molar-refractivity contribution >= 4 is 0 Å². The predicted octanol–water partition coefficient (Wildman–Crippen LogP) is 1.92. The second-order valence-corrected chi connectivity index (χ2v) is 3.48. The van der Waals surface area contributed by atoms with Crippen LogP contribution in [0.3, 0.4) is 0 Å². The van der Waals surface area contributed by atoms with Gasteiger partial charge in [-0.2, -0.15) is 0 Å². The third-order valence-electron chi connectivity index (χ3n) is 2.33. The van der Waals surface area contributed by atoms with Crippen LogP contribution in [-0.4, -0.2) is 24.6 Å². The van der Waals surface area contributed by atoms with Crippen LogP contribution in [0.5, 0.6) is 0 Å². The molecule has 0 aromatic rings. The zero-order valence-electron chi connectivity index (χ0n) is 7.04. The summed E-state index contributed by atoms with van der Waals surface area (Å²) < 4.78 is 0.993. The van der Waals surface area contributed by atoms with E-state index in [4.69, 9.17) is 0 Å². The first-order chi connectivity index (χ1) is 4.63. The summed E-state index contributed by atoms with van der Waals surface area (Å²) in [4.78, 5) is 0. The number of hydrogen-bond donors (Lipinski definition) is 0. The van der Waals surface area contributed by atoms with Gasteiger partial charge in [-0.15, -0.1) is 0 Å². The molecule has 1 aliphatic heterocycles. The Bertz CT molecular complexity index is 166. The second-order valence-electron chi connectivity index (χ2n) is 3.48. The predicted molar refractivity (Wildman–Crippen MR) is 44.5 cm³/mol. The number of quaternary nitrogens is 1. The molecule has 0 aromatic carbocycles. The van der Waals surface area contributed by atoms with E-state index in [0.717, 1.165) is 4.48 Å². The summed E-state index contributed by atoms with van der Waals surface area (Å²) in [5, 5.41) is 0. The van der Waals surface area contributed by atoms with Crippen molar-refractivity contribution in [2.24, 2.45) is 0 Å². The fourth-order valence-electron chi connectivity index (χ4n) is 1.04. The van der Waals surface area contributed by atoms with Crippen LogP contribution in [0.2, 0.25) is 0 Å². The number of allylic oxidation sites excluding steroid dienone is 2. The highest BCUT2D eigenvalue weighted by Crippen LogP contribution is 2.14. The van der Waals surface area contributed by atoms with Crippen LogP contribution >= 0.6 is 0 Å². The van der Waals surface area contributed by atoms with Crippen LogP contribution in [0.1, 0.15) is 13.3 Å². The summed E-state index contributed by atoms with van der Waals surface area (Å²) in [5.41, 5.74) is 0. The molecule has 1 rings (SSSR count). The van der Waals surface area contributed by atoms with E-state index < -0.39 is 0 Å². The van der Waals surface area contributed by atoms with Crippen LogP contribution in [0.25, 0.3) is 0 Å². The quantitative estimate of drug-likeness (QED) is 0.449. The Morgan fingerprint density at radius 3 is 2.70 bits per heavy atom. The van der Waals surface area contributed by atoms with Gasteiger partial charge in [0.1, 0.15) is 0 Å². The molecule has 0 saturated carbocycles. The molecule has 0 radical (unpaired) electrons. The van der Waals surface area contributed by atoms with Crippen molar-refractivity contribution in [2.75, 3.05) is 14.1 Å². The molecular formula is C9H16N+. The monoisotopic (exact) mass is 138 g/mol. The summed E-state index contributed by atoms with van der Waals surface area (Å²) in [6, 6.07) is 0.704. The van der Waals surface area contributed by atoms with Crippen molar-refractivity contribution in [3.63, 3.8) is 0 Å². The first-order valence-corrected chi connectivity index (χ1v) is 3.80. The second kappa shape index (κ2) is 2.59. The van der Waals surface area contributed by atoms with Crippen LogP contribution in [0, 0.1) is 0 Å². The number of rotatable bonds is 0. The lowest BCUT2D eigenvalue weighted by Crippen LogP contribution is -2.41. The molecule has 10 heavy (non-hydrogen) atoms. The Morgan fingerprint density at radius 2 is 2.00 bits per heavy atom. The Hall–Kier alpha value is -0.560. The average molecular weight is 138 g/mol. The summed E-state index contributed by atoms with van der Waals surface area (Å²) >= 11 is 0. The number of hydrogen-bond acceptors (Lipinski definition) is 0. The summed E-state index contributed by atoms with van der Waals surface area (Å²) in [5.74, 6) is 0. The molecule has 0 amide bonds. The minimum absolute atomic E-state index is 0.704. The third-order valence-corrected chi connectivity index (χ3v) is 2.33. The molecule has 0 aromatic heterocycles. The molecule has 1 atom stereocenters. The Morgan fingerprint density at radius 1 is 1.30 bits per heavy atom. The van der Waals surface area contributed by atoms with Gasteiger partial charge in [0.2, 0.25) is 0 Å². The Kier molecular flexibility index (Phi) is 1.95. The Labute approximate surface area is 63.2 Å². The smallest absolute Gasteiger partial charge is 0.0956 e. The fourth-order valence-corrected chi connectivity index (χ4v) is 1.04. The summed E-state index contributed by atoms with van der Waals surface area (Å²) in [6.07, 6.45) is 9.90. The van der Waals surface area contributed by atoms with Crippen molar-refractivity contribution in [3.05, 3.63) is 24.4 Å². The largest absolute Gasteiger partial charge is 0.300 e. The average Bonchev–Trinajstić information content (AvgIpc) is 1.96. The van der Waals surface area contributed by atoms with Crippen molar-refractivity contribution < 1.29 is 4.48 Å². The maximum Gasteiger partial charge on any atom is 0.0956 e. The van der Waals surface area contributed by atoms with Crippen LogP contribution in [-0.2, 0) is 0 Å². The maximum absolute atomic E-state index is 2.28. The topological polar surface area (TPSA) is 0 Å². The first kappa shape index (κ1) is 7.55. The minimum Gasteiger partial charge on any atom is -0.300 e. The van der Waals surface area contributed by atoms with Gasteiger partial charge in [-0.05, 0) is 13.0 Å². The molecule has 0 aliphatic carbocycles. The summed E-state index contributed by atoms with van der Waals surface area (Å²) in [6.45, 7) is 2.28. The van der Waals surface area contributed by atoms with Crippen molar-refractivity contribution in [3.8, 4) is 0 Å². The van der Waals surface area contributed by atoms with E-state index >= 15 is 0 Å². The zero-order valence-corrected chi connectivity index (χ0v) is 7.04. The lowest BCUT2D eigenvalue weighted by Gasteiger charge is -2.30. The molecule has 1 heterocycles. The molecule has 1 heteroatoms.